The summed E-state index contributed by atoms with van der Waals surface area (Å²) in [4.78, 5) is 19.2. The first-order chi connectivity index (χ1) is 17.1. The Morgan fingerprint density at radius 2 is 1.91 bits per heavy atom. The van der Waals surface area contributed by atoms with E-state index < -0.39 is 0 Å². The number of hydrogen-bond donors (Lipinski definition) is 3. The monoisotopic (exact) mass is 468 g/mol. The number of para-hydroxylation sites is 2. The summed E-state index contributed by atoms with van der Waals surface area (Å²) in [6.45, 7) is 2.79. The van der Waals surface area contributed by atoms with E-state index in [-0.39, 0.29) is 5.91 Å². The van der Waals surface area contributed by atoms with Crippen LogP contribution in [0.4, 0.5) is 17.2 Å². The molecule has 5 rings (SSSR count). The Bertz CT molecular complexity index is 1360. The number of carbonyl (C=O) groups is 1. The number of hydrogen-bond acceptors (Lipinski definition) is 6. The van der Waals surface area contributed by atoms with Crippen LogP contribution in [0.3, 0.4) is 0 Å². The van der Waals surface area contributed by atoms with E-state index in [1.165, 1.54) is 12.8 Å². The molecule has 0 aliphatic heterocycles. The van der Waals surface area contributed by atoms with Gasteiger partial charge in [-0.05, 0) is 51.1 Å². The molecule has 2 heterocycles. The fourth-order valence-electron chi connectivity index (χ4n) is 3.82. The summed E-state index contributed by atoms with van der Waals surface area (Å²) in [7, 11) is 2.08. The maximum absolute atomic E-state index is 12.5. The van der Waals surface area contributed by atoms with Crippen molar-refractivity contribution >= 4 is 34.1 Å². The van der Waals surface area contributed by atoms with Gasteiger partial charge in [0.05, 0.1) is 11.4 Å². The minimum absolute atomic E-state index is 0.180. The lowest BCUT2D eigenvalue weighted by atomic mass is 10.2. The zero-order chi connectivity index (χ0) is 24.2. The van der Waals surface area contributed by atoms with Gasteiger partial charge in [0.2, 0.25) is 5.91 Å². The number of nitrogens with zero attached hydrogens (tertiary/aromatic N) is 3. The zero-order valence-corrected chi connectivity index (χ0v) is 19.8. The van der Waals surface area contributed by atoms with Crippen LogP contribution < -0.4 is 15.4 Å². The highest BCUT2D eigenvalue weighted by atomic mass is 16.5. The lowest BCUT2D eigenvalue weighted by molar-refractivity contribution is -0.111. The molecule has 2 aromatic heterocycles. The number of H-pyrrole nitrogens is 1. The molecule has 0 spiro atoms. The fourth-order valence-corrected chi connectivity index (χ4v) is 3.82. The summed E-state index contributed by atoms with van der Waals surface area (Å²) >= 11 is 0. The van der Waals surface area contributed by atoms with Gasteiger partial charge in [0.15, 0.2) is 11.5 Å². The molecule has 178 valence electrons. The second-order valence-corrected chi connectivity index (χ2v) is 8.75. The number of aromatic nitrogens is 3. The quantitative estimate of drug-likeness (QED) is 0.285. The lowest BCUT2D eigenvalue weighted by Crippen LogP contribution is -2.20. The van der Waals surface area contributed by atoms with Crippen LogP contribution in [0, 0.1) is 6.92 Å². The minimum Gasteiger partial charge on any atom is -0.456 e. The Kier molecular flexibility index (Phi) is 6.45. The number of aryl methyl sites for hydroxylation is 1. The van der Waals surface area contributed by atoms with Crippen LogP contribution in [0.25, 0.3) is 11.0 Å². The number of rotatable bonds is 9. The van der Waals surface area contributed by atoms with E-state index in [1.807, 2.05) is 61.5 Å². The van der Waals surface area contributed by atoms with Crippen LogP contribution >= 0.6 is 0 Å². The van der Waals surface area contributed by atoms with Crippen molar-refractivity contribution < 1.29 is 9.53 Å². The Morgan fingerprint density at radius 1 is 1.14 bits per heavy atom. The number of nitrogens with one attached hydrogen (secondary N) is 3. The molecule has 8 heteroatoms. The lowest BCUT2D eigenvalue weighted by Gasteiger charge is -2.13. The molecule has 35 heavy (non-hydrogen) atoms. The van der Waals surface area contributed by atoms with E-state index in [2.05, 4.69) is 37.8 Å². The SMILES string of the molecule is Cc1ccc(Oc2ccnc3[nH]nc(Nc4ccccc4NC(=O)/C=C/CN(C)C4CC4)c23)cc1. The number of ether oxygens (including phenoxy) is 1. The number of pyridine rings is 1. The van der Waals surface area contributed by atoms with Gasteiger partial charge < -0.3 is 15.4 Å². The van der Waals surface area contributed by atoms with Gasteiger partial charge in [-0.2, -0.15) is 5.10 Å². The first-order valence-corrected chi connectivity index (χ1v) is 11.7. The predicted octanol–water partition coefficient (Wildman–Crippen LogP) is 5.39. The van der Waals surface area contributed by atoms with Crippen molar-refractivity contribution in [2.45, 2.75) is 25.8 Å². The van der Waals surface area contributed by atoms with Gasteiger partial charge in [0.1, 0.15) is 16.9 Å². The summed E-state index contributed by atoms with van der Waals surface area (Å²) in [6, 6.07) is 17.8. The van der Waals surface area contributed by atoms with Gasteiger partial charge in [0.25, 0.3) is 0 Å². The van der Waals surface area contributed by atoms with Crippen LogP contribution in [-0.4, -0.2) is 45.6 Å². The number of anilines is 3. The Balaban J connectivity index is 1.34. The number of likely N-dealkylation sites (N-methyl/N-ethyl adjacent to an activating group) is 1. The maximum atomic E-state index is 12.5. The highest BCUT2D eigenvalue weighted by Gasteiger charge is 2.24. The Labute approximate surface area is 204 Å². The second-order valence-electron chi connectivity index (χ2n) is 8.75. The van der Waals surface area contributed by atoms with Crippen LogP contribution in [0.15, 0.2) is 72.9 Å². The van der Waals surface area contributed by atoms with Crippen molar-refractivity contribution in [3.63, 3.8) is 0 Å². The van der Waals surface area contributed by atoms with Crippen LogP contribution in [-0.2, 0) is 4.79 Å². The third-order valence-corrected chi connectivity index (χ3v) is 5.94. The van der Waals surface area contributed by atoms with Crippen LogP contribution in [0.5, 0.6) is 11.5 Å². The summed E-state index contributed by atoms with van der Waals surface area (Å²) in [5.41, 5.74) is 3.12. The van der Waals surface area contributed by atoms with Crippen molar-refractivity contribution in [3.05, 3.63) is 78.5 Å². The smallest absolute Gasteiger partial charge is 0.248 e. The predicted molar refractivity (Wildman–Crippen MR) is 138 cm³/mol. The summed E-state index contributed by atoms with van der Waals surface area (Å²) in [5, 5.41) is 14.4. The van der Waals surface area contributed by atoms with Gasteiger partial charge in [0, 0.05) is 30.9 Å². The topological polar surface area (TPSA) is 95.2 Å². The maximum Gasteiger partial charge on any atom is 0.248 e. The molecule has 0 bridgehead atoms. The number of carbonyl (C=O) groups excluding carboxylic acids is 1. The minimum atomic E-state index is -0.180. The van der Waals surface area contributed by atoms with E-state index in [0.717, 1.165) is 23.2 Å². The second kappa shape index (κ2) is 9.99. The molecule has 1 amide bonds. The average molecular weight is 469 g/mol. The van der Waals surface area contributed by atoms with Crippen molar-refractivity contribution in [1.29, 1.82) is 0 Å². The summed E-state index contributed by atoms with van der Waals surface area (Å²) in [5.74, 6) is 1.72. The standard InChI is InChI=1S/C27H28N6O2/c1-18-9-13-20(14-10-18)35-23-15-16-28-26-25(23)27(32-31-26)30-22-7-4-3-6-21(22)29-24(34)8-5-17-33(2)19-11-12-19/h3-10,13-16,19H,11-12,17H2,1-2H3,(H,29,34)(H2,28,30,31,32)/b8-5+. The van der Waals surface area contributed by atoms with Crippen molar-refractivity contribution in [2.24, 2.45) is 0 Å². The van der Waals surface area contributed by atoms with Gasteiger partial charge >= 0.3 is 0 Å². The fraction of sp³-hybridized carbons (Fsp3) is 0.222. The molecular formula is C27H28N6O2. The van der Waals surface area contributed by atoms with Crippen LogP contribution in [0.1, 0.15) is 18.4 Å². The zero-order valence-electron chi connectivity index (χ0n) is 19.8. The molecular weight excluding hydrogens is 440 g/mol. The summed E-state index contributed by atoms with van der Waals surface area (Å²) < 4.78 is 6.14. The van der Waals surface area contributed by atoms with Gasteiger partial charge in [-0.1, -0.05) is 35.9 Å². The van der Waals surface area contributed by atoms with Crippen molar-refractivity contribution in [2.75, 3.05) is 24.2 Å². The number of benzene rings is 2. The number of fused-ring (bicyclic) bond motifs is 1. The van der Waals surface area contributed by atoms with Crippen molar-refractivity contribution in [3.8, 4) is 11.5 Å². The Morgan fingerprint density at radius 3 is 2.69 bits per heavy atom. The molecule has 1 aliphatic carbocycles. The molecule has 8 nitrogen and oxygen atoms in total. The van der Waals surface area contributed by atoms with Gasteiger partial charge in [-0.3, -0.25) is 14.8 Å². The largest absolute Gasteiger partial charge is 0.456 e. The summed E-state index contributed by atoms with van der Waals surface area (Å²) in [6.07, 6.45) is 7.63. The first-order valence-electron chi connectivity index (χ1n) is 11.7. The van der Waals surface area contributed by atoms with Crippen LogP contribution in [0.2, 0.25) is 0 Å². The highest BCUT2D eigenvalue weighted by Crippen LogP contribution is 2.35. The molecule has 1 aliphatic rings. The molecule has 2 aromatic carbocycles. The Hall–Kier alpha value is -4.17. The molecule has 1 fully saturated rings. The number of aromatic amines is 1. The third kappa shape index (κ3) is 5.50. The van der Waals surface area contributed by atoms with E-state index in [9.17, 15) is 4.79 Å². The average Bonchev–Trinajstić information content (AvgIpc) is 3.63. The number of amides is 1. The van der Waals surface area contributed by atoms with E-state index >= 15 is 0 Å². The molecule has 3 N–H and O–H groups in total. The molecule has 0 radical (unpaired) electrons. The highest BCUT2D eigenvalue weighted by molar-refractivity contribution is 6.02. The molecule has 1 saturated carbocycles. The van der Waals surface area contributed by atoms with E-state index in [4.69, 9.17) is 4.74 Å². The normalized spacial score (nSPS) is 13.5. The van der Waals surface area contributed by atoms with E-state index in [0.29, 0.717) is 34.6 Å². The van der Waals surface area contributed by atoms with Crippen molar-refractivity contribution in [1.82, 2.24) is 20.1 Å². The van der Waals surface area contributed by atoms with Gasteiger partial charge in [-0.15, -0.1) is 0 Å². The molecule has 0 atom stereocenters. The molecule has 4 aromatic rings. The molecule has 0 unspecified atom stereocenters. The molecule has 0 saturated heterocycles. The van der Waals surface area contributed by atoms with Gasteiger partial charge in [-0.25, -0.2) is 4.98 Å². The third-order valence-electron chi connectivity index (χ3n) is 5.94. The first kappa shape index (κ1) is 22.6. The van der Waals surface area contributed by atoms with E-state index in [1.54, 1.807) is 18.3 Å².